The van der Waals surface area contributed by atoms with Crippen molar-refractivity contribution in [3.8, 4) is 0 Å². The maximum atomic E-state index is 11.3. The molecule has 0 aliphatic carbocycles. The number of rotatable bonds is 3. The second-order valence-corrected chi connectivity index (χ2v) is 4.15. The molecule has 2 rings (SSSR count). The molecule has 7 nitrogen and oxygen atoms in total. The maximum Gasteiger partial charge on any atom is 0.337 e. The van der Waals surface area contributed by atoms with Crippen LogP contribution in [-0.4, -0.2) is 34.6 Å². The number of nitrogen functional groups attached to an aromatic ring is 1. The van der Waals surface area contributed by atoms with Crippen molar-refractivity contribution in [2.75, 3.05) is 17.2 Å². The standard InChI is InChI=1S/C11H14N4O3/c12-8-6(11(17)18)3-4-14-10(8)15-5-1-2-7(15)9(13)16/h3-4,7H,1-2,5,12H2,(H2,13,16)(H,17,18). The zero-order chi connectivity index (χ0) is 13.3. The van der Waals surface area contributed by atoms with Gasteiger partial charge in [0.25, 0.3) is 0 Å². The zero-order valence-corrected chi connectivity index (χ0v) is 9.67. The Morgan fingerprint density at radius 1 is 1.50 bits per heavy atom. The first kappa shape index (κ1) is 12.2. The minimum absolute atomic E-state index is 0.0184. The highest BCUT2D eigenvalue weighted by molar-refractivity contribution is 5.97. The number of anilines is 2. The Kier molecular flexibility index (Phi) is 3.05. The number of carbonyl (C=O) groups is 2. The van der Waals surface area contributed by atoms with Gasteiger partial charge < -0.3 is 21.5 Å². The van der Waals surface area contributed by atoms with Crippen LogP contribution in [0.2, 0.25) is 0 Å². The minimum atomic E-state index is -1.12. The molecule has 18 heavy (non-hydrogen) atoms. The molecule has 0 saturated carbocycles. The smallest absolute Gasteiger partial charge is 0.337 e. The van der Waals surface area contributed by atoms with Crippen molar-refractivity contribution in [1.82, 2.24) is 4.98 Å². The van der Waals surface area contributed by atoms with Crippen molar-refractivity contribution < 1.29 is 14.7 Å². The van der Waals surface area contributed by atoms with Crippen LogP contribution in [-0.2, 0) is 4.79 Å². The predicted octanol–water partition coefficient (Wildman–Crippen LogP) is -0.184. The SMILES string of the molecule is NC(=O)C1CCCN1c1nccc(C(=O)O)c1N. The van der Waals surface area contributed by atoms with Crippen LogP contribution in [0.25, 0.3) is 0 Å². The third-order valence-corrected chi connectivity index (χ3v) is 3.05. The molecule has 1 saturated heterocycles. The first-order chi connectivity index (χ1) is 8.52. The van der Waals surface area contributed by atoms with E-state index in [2.05, 4.69) is 4.98 Å². The lowest BCUT2D eigenvalue weighted by Crippen LogP contribution is -2.41. The highest BCUT2D eigenvalue weighted by Crippen LogP contribution is 2.30. The molecule has 0 spiro atoms. The molecule has 2 heterocycles. The number of hydrogen-bond acceptors (Lipinski definition) is 5. The van der Waals surface area contributed by atoms with Gasteiger partial charge in [-0.05, 0) is 18.9 Å². The van der Waals surface area contributed by atoms with Gasteiger partial charge in [-0.15, -0.1) is 0 Å². The van der Waals surface area contributed by atoms with Gasteiger partial charge >= 0.3 is 5.97 Å². The van der Waals surface area contributed by atoms with Crippen LogP contribution in [0, 0.1) is 0 Å². The van der Waals surface area contributed by atoms with Crippen LogP contribution in [0.4, 0.5) is 11.5 Å². The van der Waals surface area contributed by atoms with Crippen LogP contribution in [0.1, 0.15) is 23.2 Å². The molecule has 1 aliphatic rings. The summed E-state index contributed by atoms with van der Waals surface area (Å²) in [5.74, 6) is -1.25. The van der Waals surface area contributed by atoms with Crippen LogP contribution in [0.15, 0.2) is 12.3 Å². The number of hydrogen-bond donors (Lipinski definition) is 3. The number of aromatic nitrogens is 1. The molecule has 0 radical (unpaired) electrons. The van der Waals surface area contributed by atoms with Gasteiger partial charge in [0.2, 0.25) is 5.91 Å². The van der Waals surface area contributed by atoms with Crippen LogP contribution < -0.4 is 16.4 Å². The van der Waals surface area contributed by atoms with Crippen LogP contribution in [0.5, 0.6) is 0 Å². The summed E-state index contributed by atoms with van der Waals surface area (Å²) < 4.78 is 0. The second-order valence-electron chi connectivity index (χ2n) is 4.15. The number of carboxylic acid groups (broad SMARTS) is 1. The summed E-state index contributed by atoms with van der Waals surface area (Å²) in [6, 6.07) is 0.861. The Hall–Kier alpha value is -2.31. The third kappa shape index (κ3) is 1.94. The number of nitrogens with zero attached hydrogens (tertiary/aromatic N) is 2. The highest BCUT2D eigenvalue weighted by atomic mass is 16.4. The normalized spacial score (nSPS) is 18.9. The molecule has 5 N–H and O–H groups in total. The van der Waals surface area contributed by atoms with Gasteiger partial charge in [-0.2, -0.15) is 0 Å². The van der Waals surface area contributed by atoms with Crippen molar-refractivity contribution >= 4 is 23.4 Å². The molecular formula is C11H14N4O3. The number of carboxylic acids is 1. The molecule has 1 atom stereocenters. The topological polar surface area (TPSA) is 123 Å². The number of aromatic carboxylic acids is 1. The van der Waals surface area contributed by atoms with Gasteiger partial charge in [0, 0.05) is 12.7 Å². The average molecular weight is 250 g/mol. The molecule has 1 amide bonds. The summed E-state index contributed by atoms with van der Waals surface area (Å²) >= 11 is 0. The lowest BCUT2D eigenvalue weighted by molar-refractivity contribution is -0.119. The lowest BCUT2D eigenvalue weighted by Gasteiger charge is -2.24. The van der Waals surface area contributed by atoms with Gasteiger partial charge in [-0.1, -0.05) is 0 Å². The van der Waals surface area contributed by atoms with Crippen molar-refractivity contribution in [3.05, 3.63) is 17.8 Å². The molecule has 1 aliphatic heterocycles. The summed E-state index contributed by atoms with van der Waals surface area (Å²) in [6.07, 6.45) is 2.80. The van der Waals surface area contributed by atoms with Gasteiger partial charge in [0.05, 0.1) is 11.3 Å². The van der Waals surface area contributed by atoms with E-state index in [4.69, 9.17) is 16.6 Å². The van der Waals surface area contributed by atoms with Crippen LogP contribution in [0.3, 0.4) is 0 Å². The summed E-state index contributed by atoms with van der Waals surface area (Å²) in [7, 11) is 0. The fraction of sp³-hybridized carbons (Fsp3) is 0.364. The number of carbonyl (C=O) groups excluding carboxylic acids is 1. The Morgan fingerprint density at radius 2 is 2.22 bits per heavy atom. The molecular weight excluding hydrogens is 236 g/mol. The average Bonchev–Trinajstić information content (AvgIpc) is 2.77. The van der Waals surface area contributed by atoms with E-state index in [0.29, 0.717) is 18.8 Å². The van der Waals surface area contributed by atoms with E-state index in [1.54, 1.807) is 4.90 Å². The second kappa shape index (κ2) is 4.52. The Morgan fingerprint density at radius 3 is 2.83 bits per heavy atom. The molecule has 1 fully saturated rings. The van der Waals surface area contributed by atoms with E-state index in [1.807, 2.05) is 0 Å². The summed E-state index contributed by atoms with van der Waals surface area (Å²) in [6.45, 7) is 0.591. The molecule has 1 unspecified atom stereocenters. The number of pyridine rings is 1. The van der Waals surface area contributed by atoms with Gasteiger partial charge in [-0.3, -0.25) is 4.79 Å². The quantitative estimate of drug-likeness (QED) is 0.683. The summed E-state index contributed by atoms with van der Waals surface area (Å²) in [5, 5.41) is 8.99. The molecule has 96 valence electrons. The zero-order valence-electron chi connectivity index (χ0n) is 9.67. The van der Waals surface area contributed by atoms with Gasteiger partial charge in [0.1, 0.15) is 6.04 Å². The van der Waals surface area contributed by atoms with E-state index < -0.39 is 17.9 Å². The summed E-state index contributed by atoms with van der Waals surface area (Å²) in [5.41, 5.74) is 11.1. The fourth-order valence-electron chi connectivity index (χ4n) is 2.19. The number of amides is 1. The maximum absolute atomic E-state index is 11.3. The molecule has 1 aromatic rings. The monoisotopic (exact) mass is 250 g/mol. The van der Waals surface area contributed by atoms with Crippen molar-refractivity contribution in [2.45, 2.75) is 18.9 Å². The molecule has 7 heteroatoms. The highest BCUT2D eigenvalue weighted by Gasteiger charge is 2.31. The van der Waals surface area contributed by atoms with E-state index in [0.717, 1.165) is 6.42 Å². The van der Waals surface area contributed by atoms with E-state index in [1.165, 1.54) is 12.3 Å². The Bertz CT molecular complexity index is 503. The summed E-state index contributed by atoms with van der Waals surface area (Å²) in [4.78, 5) is 28.0. The van der Waals surface area contributed by atoms with E-state index in [-0.39, 0.29) is 11.3 Å². The number of nitrogens with two attached hydrogens (primary N) is 2. The molecule has 0 aromatic carbocycles. The van der Waals surface area contributed by atoms with Crippen molar-refractivity contribution in [1.29, 1.82) is 0 Å². The van der Waals surface area contributed by atoms with E-state index in [9.17, 15) is 9.59 Å². The lowest BCUT2D eigenvalue weighted by atomic mass is 10.2. The fourth-order valence-corrected chi connectivity index (χ4v) is 2.19. The van der Waals surface area contributed by atoms with Crippen LogP contribution >= 0.6 is 0 Å². The van der Waals surface area contributed by atoms with Gasteiger partial charge in [-0.25, -0.2) is 9.78 Å². The van der Waals surface area contributed by atoms with E-state index >= 15 is 0 Å². The Labute approximate surface area is 103 Å². The largest absolute Gasteiger partial charge is 0.478 e. The third-order valence-electron chi connectivity index (χ3n) is 3.05. The minimum Gasteiger partial charge on any atom is -0.478 e. The van der Waals surface area contributed by atoms with Crippen molar-refractivity contribution in [3.63, 3.8) is 0 Å². The molecule has 1 aromatic heterocycles. The first-order valence-electron chi connectivity index (χ1n) is 5.56. The predicted molar refractivity (Wildman–Crippen MR) is 65.2 cm³/mol. The Balaban J connectivity index is 2.42. The van der Waals surface area contributed by atoms with Crippen molar-refractivity contribution in [2.24, 2.45) is 5.73 Å². The first-order valence-corrected chi connectivity index (χ1v) is 5.56. The molecule has 0 bridgehead atoms. The number of primary amides is 1. The van der Waals surface area contributed by atoms with Gasteiger partial charge in [0.15, 0.2) is 5.82 Å².